The zero-order valence-corrected chi connectivity index (χ0v) is 20.5. The molecule has 0 aliphatic heterocycles. The Kier molecular flexibility index (Phi) is 7.02. The monoisotopic (exact) mass is 517 g/mol. The Hall–Kier alpha value is -3.49. The van der Waals surface area contributed by atoms with Crippen LogP contribution in [0.3, 0.4) is 0 Å². The second kappa shape index (κ2) is 9.87. The van der Waals surface area contributed by atoms with Crippen LogP contribution in [0.1, 0.15) is 28.0 Å². The van der Waals surface area contributed by atoms with Crippen molar-refractivity contribution in [2.24, 2.45) is 0 Å². The highest BCUT2D eigenvalue weighted by atomic mass is 35.5. The fourth-order valence-corrected chi connectivity index (χ4v) is 4.13. The van der Waals surface area contributed by atoms with Crippen LogP contribution >= 0.6 is 11.6 Å². The molecule has 0 spiro atoms. The predicted molar refractivity (Wildman–Crippen MR) is 132 cm³/mol. The molecule has 0 fully saturated rings. The van der Waals surface area contributed by atoms with Crippen LogP contribution in [0.25, 0.3) is 11.0 Å². The van der Waals surface area contributed by atoms with Gasteiger partial charge in [0.2, 0.25) is 11.2 Å². The van der Waals surface area contributed by atoms with Crippen molar-refractivity contribution < 1.29 is 27.4 Å². The maximum atomic E-state index is 14.1. The SMILES string of the molecule is Cc1cc(Oc2c(C(F)(F)F)oc3c(CN(C)Cc4ccccc4)c(O)ccc3c2=O)cc(C)c1Cl. The molecular weight excluding hydrogens is 495 g/mol. The second-order valence-corrected chi connectivity index (χ2v) is 9.04. The first-order valence-corrected chi connectivity index (χ1v) is 11.4. The van der Waals surface area contributed by atoms with E-state index in [9.17, 15) is 23.1 Å². The Morgan fingerprint density at radius 3 is 2.28 bits per heavy atom. The first-order valence-electron chi connectivity index (χ1n) is 11.0. The van der Waals surface area contributed by atoms with Crippen LogP contribution in [0.5, 0.6) is 17.2 Å². The molecule has 0 aliphatic rings. The van der Waals surface area contributed by atoms with Crippen molar-refractivity contribution in [3.8, 4) is 17.2 Å². The van der Waals surface area contributed by atoms with E-state index in [-0.39, 0.29) is 34.6 Å². The molecular formula is C27H23ClF3NO4. The molecule has 0 saturated heterocycles. The van der Waals surface area contributed by atoms with Gasteiger partial charge in [-0.25, -0.2) is 0 Å². The highest BCUT2D eigenvalue weighted by molar-refractivity contribution is 6.32. The van der Waals surface area contributed by atoms with Gasteiger partial charge in [0.05, 0.1) is 10.9 Å². The van der Waals surface area contributed by atoms with Crippen molar-refractivity contribution in [1.29, 1.82) is 0 Å². The van der Waals surface area contributed by atoms with Gasteiger partial charge in [0.1, 0.15) is 17.1 Å². The third kappa shape index (κ3) is 5.20. The minimum Gasteiger partial charge on any atom is -0.507 e. The molecule has 5 nitrogen and oxygen atoms in total. The fraction of sp³-hybridized carbons (Fsp3) is 0.222. The molecule has 0 unspecified atom stereocenters. The number of nitrogens with zero attached hydrogens (tertiary/aromatic N) is 1. The molecule has 0 bridgehead atoms. The fourth-order valence-electron chi connectivity index (χ4n) is 4.02. The molecule has 0 amide bonds. The van der Waals surface area contributed by atoms with E-state index in [0.717, 1.165) is 5.56 Å². The molecule has 1 heterocycles. The summed E-state index contributed by atoms with van der Waals surface area (Å²) >= 11 is 6.15. The summed E-state index contributed by atoms with van der Waals surface area (Å²) < 4.78 is 52.9. The zero-order chi connectivity index (χ0) is 26.2. The molecule has 0 aliphatic carbocycles. The lowest BCUT2D eigenvalue weighted by Gasteiger charge is -2.19. The first kappa shape index (κ1) is 25.6. The number of hydrogen-bond donors (Lipinski definition) is 1. The topological polar surface area (TPSA) is 62.9 Å². The molecule has 4 rings (SSSR count). The number of hydrogen-bond acceptors (Lipinski definition) is 5. The van der Waals surface area contributed by atoms with Gasteiger partial charge in [-0.2, -0.15) is 13.2 Å². The van der Waals surface area contributed by atoms with Crippen molar-refractivity contribution in [3.63, 3.8) is 0 Å². The number of benzene rings is 3. The van der Waals surface area contributed by atoms with Crippen molar-refractivity contribution in [1.82, 2.24) is 4.90 Å². The van der Waals surface area contributed by atoms with E-state index >= 15 is 0 Å². The summed E-state index contributed by atoms with van der Waals surface area (Å²) in [6.45, 7) is 3.85. The van der Waals surface area contributed by atoms with E-state index in [0.29, 0.717) is 22.7 Å². The number of ether oxygens (including phenoxy) is 1. The normalized spacial score (nSPS) is 11.9. The van der Waals surface area contributed by atoms with Crippen LogP contribution < -0.4 is 10.2 Å². The number of aromatic hydroxyl groups is 1. The number of phenolic OH excluding ortho intramolecular Hbond substituents is 1. The lowest BCUT2D eigenvalue weighted by Crippen LogP contribution is -2.19. The standard InChI is InChI=1S/C27H23ClF3NO4/c1-15-11-18(12-16(2)22(15)28)35-25-23(34)19-9-10-21(33)20(24(19)36-26(25)27(29,30)31)14-32(3)13-17-7-5-4-6-8-17/h4-12,33H,13-14H2,1-3H3. The van der Waals surface area contributed by atoms with Gasteiger partial charge < -0.3 is 14.3 Å². The van der Waals surface area contributed by atoms with E-state index in [1.165, 1.54) is 24.3 Å². The Bertz CT molecular complexity index is 1460. The van der Waals surface area contributed by atoms with Crippen LogP contribution in [-0.4, -0.2) is 17.1 Å². The highest BCUT2D eigenvalue weighted by Crippen LogP contribution is 2.40. The van der Waals surface area contributed by atoms with E-state index in [4.69, 9.17) is 20.8 Å². The number of fused-ring (bicyclic) bond motifs is 1. The van der Waals surface area contributed by atoms with E-state index < -0.39 is 23.1 Å². The minimum absolute atomic E-state index is 0.0214. The molecule has 36 heavy (non-hydrogen) atoms. The van der Waals surface area contributed by atoms with Crippen molar-refractivity contribution >= 4 is 22.6 Å². The Morgan fingerprint density at radius 2 is 1.67 bits per heavy atom. The number of phenols is 1. The molecule has 0 radical (unpaired) electrons. The maximum Gasteiger partial charge on any atom is 0.453 e. The lowest BCUT2D eigenvalue weighted by molar-refractivity contribution is -0.154. The number of alkyl halides is 3. The van der Waals surface area contributed by atoms with E-state index in [2.05, 4.69) is 0 Å². The summed E-state index contributed by atoms with van der Waals surface area (Å²) in [4.78, 5) is 15.1. The van der Waals surface area contributed by atoms with Gasteiger partial charge in [-0.15, -0.1) is 0 Å². The van der Waals surface area contributed by atoms with Crippen molar-refractivity contribution in [2.45, 2.75) is 33.1 Å². The van der Waals surface area contributed by atoms with Crippen LogP contribution in [0.15, 0.2) is 63.8 Å². The van der Waals surface area contributed by atoms with Crippen LogP contribution in [0, 0.1) is 13.8 Å². The highest BCUT2D eigenvalue weighted by Gasteiger charge is 2.41. The van der Waals surface area contributed by atoms with Gasteiger partial charge in [0.15, 0.2) is 0 Å². The number of aryl methyl sites for hydroxylation is 2. The third-order valence-corrected chi connectivity index (χ3v) is 6.30. The average Bonchev–Trinajstić information content (AvgIpc) is 2.80. The van der Waals surface area contributed by atoms with Gasteiger partial charge in [-0.1, -0.05) is 41.9 Å². The van der Waals surface area contributed by atoms with Gasteiger partial charge in [0, 0.05) is 18.1 Å². The molecule has 1 aromatic heterocycles. The van der Waals surface area contributed by atoms with Gasteiger partial charge >= 0.3 is 6.18 Å². The van der Waals surface area contributed by atoms with E-state index in [1.54, 1.807) is 25.8 Å². The maximum absolute atomic E-state index is 14.1. The third-order valence-electron chi connectivity index (χ3n) is 5.71. The van der Waals surface area contributed by atoms with Gasteiger partial charge in [0.25, 0.3) is 5.76 Å². The zero-order valence-electron chi connectivity index (χ0n) is 19.7. The van der Waals surface area contributed by atoms with Gasteiger partial charge in [-0.3, -0.25) is 9.69 Å². The summed E-state index contributed by atoms with van der Waals surface area (Å²) in [6.07, 6.45) is -5.03. The molecule has 9 heteroatoms. The van der Waals surface area contributed by atoms with Gasteiger partial charge in [-0.05, 0) is 61.9 Å². The lowest BCUT2D eigenvalue weighted by atomic mass is 10.1. The quantitative estimate of drug-likeness (QED) is 0.293. The Morgan fingerprint density at radius 1 is 1.03 bits per heavy atom. The van der Waals surface area contributed by atoms with Crippen molar-refractivity contribution in [3.05, 3.63) is 97.9 Å². The molecule has 0 atom stereocenters. The molecule has 1 N–H and O–H groups in total. The van der Waals surface area contributed by atoms with E-state index in [1.807, 2.05) is 30.3 Å². The molecule has 188 valence electrons. The second-order valence-electron chi connectivity index (χ2n) is 8.66. The van der Waals surface area contributed by atoms with Crippen LogP contribution in [-0.2, 0) is 19.3 Å². The largest absolute Gasteiger partial charge is 0.507 e. The van der Waals surface area contributed by atoms with Crippen LogP contribution in [0.2, 0.25) is 5.02 Å². The van der Waals surface area contributed by atoms with Crippen LogP contribution in [0.4, 0.5) is 13.2 Å². The van der Waals surface area contributed by atoms with Crippen molar-refractivity contribution in [2.75, 3.05) is 7.05 Å². The first-order chi connectivity index (χ1) is 17.0. The molecule has 4 aromatic rings. The Labute approximate surface area is 210 Å². The Balaban J connectivity index is 1.83. The summed E-state index contributed by atoms with van der Waals surface area (Å²) in [5.74, 6) is -2.82. The number of halogens is 4. The summed E-state index contributed by atoms with van der Waals surface area (Å²) in [6, 6.07) is 14.8. The smallest absolute Gasteiger partial charge is 0.453 e. The minimum atomic E-state index is -5.03. The predicted octanol–water partition coefficient (Wildman–Crippen LogP) is 7.21. The summed E-state index contributed by atoms with van der Waals surface area (Å²) in [7, 11) is 1.75. The molecule has 0 saturated carbocycles. The molecule has 3 aromatic carbocycles. The number of rotatable bonds is 6. The summed E-state index contributed by atoms with van der Waals surface area (Å²) in [5.41, 5.74) is 0.863. The summed E-state index contributed by atoms with van der Waals surface area (Å²) in [5, 5.41) is 10.8. The average molecular weight is 518 g/mol.